The van der Waals surface area contributed by atoms with Crippen molar-refractivity contribution in [1.29, 1.82) is 0 Å². The Hall–Kier alpha value is -1.92. The lowest BCUT2D eigenvalue weighted by molar-refractivity contribution is -0.154. The lowest BCUT2D eigenvalue weighted by Gasteiger charge is -2.33. The smallest absolute Gasteiger partial charge is 0.311 e. The predicted octanol–water partition coefficient (Wildman–Crippen LogP) is 1.98. The highest BCUT2D eigenvalue weighted by Gasteiger charge is 2.40. The molecule has 0 unspecified atom stereocenters. The summed E-state index contributed by atoms with van der Waals surface area (Å²) in [6, 6.07) is 9.86. The molecule has 6 heteroatoms. The van der Waals surface area contributed by atoms with Crippen LogP contribution in [0.3, 0.4) is 0 Å². The van der Waals surface area contributed by atoms with Crippen LogP contribution in [0.4, 0.5) is 0 Å². The molecule has 0 spiro atoms. The predicted molar refractivity (Wildman–Crippen MR) is 88.5 cm³/mol. The van der Waals surface area contributed by atoms with Gasteiger partial charge in [0.15, 0.2) is 0 Å². The van der Waals surface area contributed by atoms with Gasteiger partial charge >= 0.3 is 5.97 Å². The third kappa shape index (κ3) is 5.62. The quantitative estimate of drug-likeness (QED) is 0.674. The van der Waals surface area contributed by atoms with Gasteiger partial charge in [0.2, 0.25) is 5.91 Å². The first kappa shape index (κ1) is 18.4. The van der Waals surface area contributed by atoms with E-state index in [0.29, 0.717) is 52.1 Å². The van der Waals surface area contributed by atoms with Crippen molar-refractivity contribution in [2.45, 2.75) is 32.3 Å². The second kappa shape index (κ2) is 9.39. The highest BCUT2D eigenvalue weighted by atomic mass is 16.5. The average Bonchev–Trinajstić information content (AvgIpc) is 2.61. The number of nitrogens with one attached hydrogen (secondary N) is 1. The van der Waals surface area contributed by atoms with Crippen LogP contribution in [0.2, 0.25) is 0 Å². The van der Waals surface area contributed by atoms with Crippen LogP contribution in [0.25, 0.3) is 0 Å². The number of amides is 1. The molecule has 0 aliphatic carbocycles. The molecule has 132 valence electrons. The Morgan fingerprint density at radius 3 is 2.58 bits per heavy atom. The molecule has 1 amide bonds. The van der Waals surface area contributed by atoms with Gasteiger partial charge in [0.25, 0.3) is 0 Å². The highest BCUT2D eigenvalue weighted by molar-refractivity contribution is 5.79. The van der Waals surface area contributed by atoms with Gasteiger partial charge in [-0.15, -0.1) is 0 Å². The Bertz CT molecular complexity index is 525. The summed E-state index contributed by atoms with van der Waals surface area (Å²) in [5.74, 6) is -0.997. The minimum atomic E-state index is -0.891. The van der Waals surface area contributed by atoms with Crippen LogP contribution in [0, 0.1) is 5.41 Å². The van der Waals surface area contributed by atoms with Crippen LogP contribution < -0.4 is 5.32 Å². The molecule has 1 saturated heterocycles. The molecule has 0 saturated carbocycles. The van der Waals surface area contributed by atoms with Crippen molar-refractivity contribution >= 4 is 11.9 Å². The molecular formula is C18H25NO5. The van der Waals surface area contributed by atoms with Crippen LogP contribution in [0.15, 0.2) is 30.3 Å². The second-order valence-electron chi connectivity index (χ2n) is 6.12. The van der Waals surface area contributed by atoms with E-state index in [2.05, 4.69) is 5.32 Å². The number of aliphatic carboxylic acids is 1. The van der Waals surface area contributed by atoms with Gasteiger partial charge in [-0.3, -0.25) is 9.59 Å². The fourth-order valence-electron chi connectivity index (χ4n) is 2.68. The van der Waals surface area contributed by atoms with Gasteiger partial charge in [-0.05, 0) is 24.8 Å². The first-order valence-electron chi connectivity index (χ1n) is 8.32. The Morgan fingerprint density at radius 1 is 1.21 bits per heavy atom. The van der Waals surface area contributed by atoms with E-state index in [-0.39, 0.29) is 12.5 Å². The number of ether oxygens (including phenoxy) is 2. The Balaban J connectivity index is 1.61. The molecule has 1 aliphatic rings. The molecule has 1 fully saturated rings. The molecule has 1 aromatic carbocycles. The van der Waals surface area contributed by atoms with Gasteiger partial charge in [-0.2, -0.15) is 0 Å². The van der Waals surface area contributed by atoms with Gasteiger partial charge < -0.3 is 19.9 Å². The van der Waals surface area contributed by atoms with E-state index < -0.39 is 11.4 Å². The normalized spacial score (nSPS) is 16.5. The zero-order chi connectivity index (χ0) is 17.3. The number of carbonyl (C=O) groups is 2. The maximum Gasteiger partial charge on any atom is 0.311 e. The van der Waals surface area contributed by atoms with Crippen LogP contribution in [-0.4, -0.2) is 43.3 Å². The maximum absolute atomic E-state index is 11.9. The summed E-state index contributed by atoms with van der Waals surface area (Å²) in [4.78, 5) is 23.4. The first-order valence-corrected chi connectivity index (χ1v) is 8.32. The minimum Gasteiger partial charge on any atom is -0.481 e. The van der Waals surface area contributed by atoms with Crippen LogP contribution in [-0.2, 0) is 25.7 Å². The minimum absolute atomic E-state index is 0.134. The van der Waals surface area contributed by atoms with Crippen molar-refractivity contribution < 1.29 is 24.2 Å². The molecule has 0 radical (unpaired) electrons. The lowest BCUT2D eigenvalue weighted by Crippen LogP contribution is -2.46. The van der Waals surface area contributed by atoms with E-state index in [4.69, 9.17) is 9.47 Å². The number of carboxylic acid groups (broad SMARTS) is 1. The van der Waals surface area contributed by atoms with Crippen molar-refractivity contribution in [1.82, 2.24) is 5.32 Å². The molecule has 0 bridgehead atoms. The number of rotatable bonds is 9. The van der Waals surface area contributed by atoms with Crippen molar-refractivity contribution in [3.05, 3.63) is 35.9 Å². The monoisotopic (exact) mass is 335 g/mol. The zero-order valence-corrected chi connectivity index (χ0v) is 13.8. The Kier molecular flexibility index (Phi) is 7.21. The summed E-state index contributed by atoms with van der Waals surface area (Å²) in [5.41, 5.74) is 0.211. The summed E-state index contributed by atoms with van der Waals surface area (Å²) in [5, 5.41) is 12.2. The summed E-state index contributed by atoms with van der Waals surface area (Å²) in [6.45, 7) is 2.05. The van der Waals surface area contributed by atoms with Gasteiger partial charge in [0.05, 0.1) is 12.0 Å². The van der Waals surface area contributed by atoms with E-state index in [1.54, 1.807) is 0 Å². The summed E-state index contributed by atoms with van der Waals surface area (Å²) in [6.07, 6.45) is 1.81. The molecule has 1 heterocycles. The lowest BCUT2D eigenvalue weighted by atomic mass is 9.80. The highest BCUT2D eigenvalue weighted by Crippen LogP contribution is 2.30. The van der Waals surface area contributed by atoms with Gasteiger partial charge in [0, 0.05) is 32.8 Å². The molecule has 24 heavy (non-hydrogen) atoms. The van der Waals surface area contributed by atoms with Crippen LogP contribution in [0.5, 0.6) is 0 Å². The summed E-state index contributed by atoms with van der Waals surface area (Å²) < 4.78 is 10.7. The molecule has 2 N–H and O–H groups in total. The number of carboxylic acids is 1. The standard InChI is InChI=1S/C18H25NO5/c20-16(7-4-10-24-13-15-5-2-1-3-6-15)19-14-18(17(21)22)8-11-23-12-9-18/h1-3,5-6H,4,7-14H2,(H,19,20)(H,21,22). The maximum atomic E-state index is 11.9. The van der Waals surface area contributed by atoms with Crippen molar-refractivity contribution in [2.75, 3.05) is 26.4 Å². The van der Waals surface area contributed by atoms with Crippen LogP contribution in [0.1, 0.15) is 31.2 Å². The summed E-state index contributed by atoms with van der Waals surface area (Å²) in [7, 11) is 0. The molecule has 1 aliphatic heterocycles. The number of carbonyl (C=O) groups excluding carboxylic acids is 1. The number of hydrogen-bond donors (Lipinski definition) is 2. The molecule has 0 aromatic heterocycles. The first-order chi connectivity index (χ1) is 11.6. The van der Waals surface area contributed by atoms with E-state index >= 15 is 0 Å². The van der Waals surface area contributed by atoms with E-state index in [1.807, 2.05) is 30.3 Å². The van der Waals surface area contributed by atoms with Crippen LogP contribution >= 0.6 is 0 Å². The number of hydrogen-bond acceptors (Lipinski definition) is 4. The molecule has 1 aromatic rings. The van der Waals surface area contributed by atoms with E-state index in [0.717, 1.165) is 5.56 Å². The molecule has 0 atom stereocenters. The van der Waals surface area contributed by atoms with Crippen molar-refractivity contribution in [3.63, 3.8) is 0 Å². The fourth-order valence-corrected chi connectivity index (χ4v) is 2.68. The SMILES string of the molecule is O=C(CCCOCc1ccccc1)NCC1(C(=O)O)CCOCC1. The molecular weight excluding hydrogens is 310 g/mol. The third-order valence-corrected chi connectivity index (χ3v) is 4.33. The van der Waals surface area contributed by atoms with Gasteiger partial charge in [0.1, 0.15) is 0 Å². The molecule has 6 nitrogen and oxygen atoms in total. The van der Waals surface area contributed by atoms with E-state index in [9.17, 15) is 14.7 Å². The zero-order valence-electron chi connectivity index (χ0n) is 13.8. The summed E-state index contributed by atoms with van der Waals surface area (Å²) >= 11 is 0. The fraction of sp³-hybridized carbons (Fsp3) is 0.556. The molecule has 2 rings (SSSR count). The van der Waals surface area contributed by atoms with E-state index in [1.165, 1.54) is 0 Å². The largest absolute Gasteiger partial charge is 0.481 e. The van der Waals surface area contributed by atoms with Crippen molar-refractivity contribution in [2.24, 2.45) is 5.41 Å². The Labute approximate surface area is 142 Å². The van der Waals surface area contributed by atoms with Gasteiger partial charge in [-0.25, -0.2) is 0 Å². The van der Waals surface area contributed by atoms with Crippen molar-refractivity contribution in [3.8, 4) is 0 Å². The van der Waals surface area contributed by atoms with Gasteiger partial charge in [-0.1, -0.05) is 30.3 Å². The third-order valence-electron chi connectivity index (χ3n) is 4.33. The topological polar surface area (TPSA) is 84.9 Å². The number of benzene rings is 1. The average molecular weight is 335 g/mol. The second-order valence-corrected chi connectivity index (χ2v) is 6.12. The Morgan fingerprint density at radius 2 is 1.92 bits per heavy atom.